The number of nitrogens with one attached hydrogen (secondary N) is 1. The molecule has 1 atom stereocenters. The van der Waals surface area contributed by atoms with E-state index in [9.17, 15) is 9.59 Å². The molecule has 0 aromatic heterocycles. The third-order valence-corrected chi connectivity index (χ3v) is 4.45. The number of hydrogen-bond acceptors (Lipinski definition) is 5. The van der Waals surface area contributed by atoms with E-state index in [1.54, 1.807) is 38.5 Å². The summed E-state index contributed by atoms with van der Waals surface area (Å²) in [6.45, 7) is 0.584. The van der Waals surface area contributed by atoms with Gasteiger partial charge in [0, 0.05) is 6.54 Å². The number of methoxy groups -OCH3 is 2. The minimum atomic E-state index is -0.501. The van der Waals surface area contributed by atoms with Crippen molar-refractivity contribution >= 4 is 17.5 Å². The zero-order valence-corrected chi connectivity index (χ0v) is 14.9. The first-order valence-electron chi connectivity index (χ1n) is 8.50. The zero-order chi connectivity index (χ0) is 18.5. The zero-order valence-electron chi connectivity index (χ0n) is 14.9. The van der Waals surface area contributed by atoms with Gasteiger partial charge in [0.15, 0.2) is 0 Å². The first-order valence-corrected chi connectivity index (χ1v) is 8.50. The first-order chi connectivity index (χ1) is 12.6. The lowest BCUT2D eigenvalue weighted by molar-refractivity contribution is -0.121. The van der Waals surface area contributed by atoms with Crippen molar-refractivity contribution in [3.05, 3.63) is 54.1 Å². The van der Waals surface area contributed by atoms with Crippen LogP contribution in [-0.4, -0.2) is 38.6 Å². The molecule has 6 heteroatoms. The summed E-state index contributed by atoms with van der Waals surface area (Å²) in [5.74, 6) is 1.08. The molecule has 1 fully saturated rings. The van der Waals surface area contributed by atoms with Crippen LogP contribution >= 0.6 is 0 Å². The monoisotopic (exact) mass is 354 g/mol. The van der Waals surface area contributed by atoms with Gasteiger partial charge >= 0.3 is 0 Å². The van der Waals surface area contributed by atoms with Gasteiger partial charge in [-0.3, -0.25) is 9.59 Å². The lowest BCUT2D eigenvalue weighted by Gasteiger charge is -2.16. The van der Waals surface area contributed by atoms with Gasteiger partial charge in [0.05, 0.1) is 32.4 Å². The number of imide groups is 1. The van der Waals surface area contributed by atoms with Crippen LogP contribution in [0.1, 0.15) is 12.0 Å². The summed E-state index contributed by atoms with van der Waals surface area (Å²) in [5.41, 5.74) is 1.63. The van der Waals surface area contributed by atoms with E-state index in [4.69, 9.17) is 9.47 Å². The quantitative estimate of drug-likeness (QED) is 0.772. The van der Waals surface area contributed by atoms with E-state index in [-0.39, 0.29) is 18.2 Å². The number of benzene rings is 2. The molecule has 1 heterocycles. The average Bonchev–Trinajstić information content (AvgIpc) is 2.95. The van der Waals surface area contributed by atoms with Crippen molar-refractivity contribution in [2.45, 2.75) is 18.9 Å². The molecule has 26 heavy (non-hydrogen) atoms. The second-order valence-electron chi connectivity index (χ2n) is 6.04. The number of para-hydroxylation sites is 1. The third-order valence-electron chi connectivity index (χ3n) is 4.45. The van der Waals surface area contributed by atoms with Crippen LogP contribution in [0.4, 0.5) is 5.69 Å². The fraction of sp³-hybridized carbons (Fsp3) is 0.300. The maximum atomic E-state index is 12.6. The Kier molecular flexibility index (Phi) is 5.53. The van der Waals surface area contributed by atoms with Crippen molar-refractivity contribution in [3.8, 4) is 11.5 Å². The molecule has 1 saturated heterocycles. The average molecular weight is 354 g/mol. The van der Waals surface area contributed by atoms with Crippen molar-refractivity contribution in [1.29, 1.82) is 0 Å². The maximum Gasteiger partial charge on any atom is 0.251 e. The van der Waals surface area contributed by atoms with Crippen LogP contribution in [0.15, 0.2) is 48.5 Å². The molecule has 6 nitrogen and oxygen atoms in total. The van der Waals surface area contributed by atoms with Crippen molar-refractivity contribution in [3.63, 3.8) is 0 Å². The Bertz CT molecular complexity index is 789. The van der Waals surface area contributed by atoms with Crippen LogP contribution in [0.5, 0.6) is 11.5 Å². The second kappa shape index (κ2) is 8.01. The molecule has 1 aliphatic rings. The lowest BCUT2D eigenvalue weighted by Crippen LogP contribution is -2.39. The predicted octanol–water partition coefficient (Wildman–Crippen LogP) is 2.17. The van der Waals surface area contributed by atoms with Crippen LogP contribution < -0.4 is 19.7 Å². The smallest absolute Gasteiger partial charge is 0.251 e. The summed E-state index contributed by atoms with van der Waals surface area (Å²) in [7, 11) is 3.21. The number of rotatable bonds is 7. The van der Waals surface area contributed by atoms with E-state index in [0.29, 0.717) is 24.4 Å². The van der Waals surface area contributed by atoms with Crippen molar-refractivity contribution < 1.29 is 19.1 Å². The number of amides is 2. The highest BCUT2D eigenvalue weighted by molar-refractivity contribution is 6.22. The summed E-state index contributed by atoms with van der Waals surface area (Å²) in [4.78, 5) is 26.2. The highest BCUT2D eigenvalue weighted by atomic mass is 16.5. The fourth-order valence-electron chi connectivity index (χ4n) is 3.08. The number of anilines is 1. The molecule has 3 rings (SSSR count). The first kappa shape index (κ1) is 17.9. The van der Waals surface area contributed by atoms with E-state index in [1.165, 1.54) is 4.90 Å². The fourth-order valence-corrected chi connectivity index (χ4v) is 3.08. The molecule has 136 valence electrons. The maximum absolute atomic E-state index is 12.6. The summed E-state index contributed by atoms with van der Waals surface area (Å²) in [6, 6.07) is 14.2. The van der Waals surface area contributed by atoms with E-state index in [2.05, 4.69) is 5.32 Å². The number of nitrogens with zero attached hydrogens (tertiary/aromatic N) is 1. The summed E-state index contributed by atoms with van der Waals surface area (Å²) in [6.07, 6.45) is 0.876. The Morgan fingerprint density at radius 3 is 2.46 bits per heavy atom. The van der Waals surface area contributed by atoms with E-state index >= 15 is 0 Å². The predicted molar refractivity (Wildman–Crippen MR) is 98.6 cm³/mol. The van der Waals surface area contributed by atoms with E-state index in [1.807, 2.05) is 24.3 Å². The molecule has 2 aromatic rings. The Balaban J connectivity index is 1.61. The molecule has 0 saturated carbocycles. The Morgan fingerprint density at radius 1 is 1.04 bits per heavy atom. The van der Waals surface area contributed by atoms with E-state index in [0.717, 1.165) is 11.3 Å². The highest BCUT2D eigenvalue weighted by Gasteiger charge is 2.39. The molecule has 0 aliphatic carbocycles. The number of ether oxygens (including phenoxy) is 2. The van der Waals surface area contributed by atoms with Gasteiger partial charge in [0.25, 0.3) is 5.91 Å². The van der Waals surface area contributed by atoms with Crippen LogP contribution in [0, 0.1) is 0 Å². The summed E-state index contributed by atoms with van der Waals surface area (Å²) in [5, 5.41) is 3.19. The van der Waals surface area contributed by atoms with Gasteiger partial charge in [-0.1, -0.05) is 18.2 Å². The molecular weight excluding hydrogens is 332 g/mol. The van der Waals surface area contributed by atoms with Crippen LogP contribution in [0.25, 0.3) is 0 Å². The number of hydrogen-bond donors (Lipinski definition) is 1. The normalized spacial score (nSPS) is 16.8. The van der Waals surface area contributed by atoms with Gasteiger partial charge in [0.2, 0.25) is 5.91 Å². The molecule has 1 N–H and O–H groups in total. The molecule has 1 aliphatic heterocycles. The Morgan fingerprint density at radius 2 is 1.77 bits per heavy atom. The van der Waals surface area contributed by atoms with E-state index < -0.39 is 6.04 Å². The second-order valence-corrected chi connectivity index (χ2v) is 6.04. The highest BCUT2D eigenvalue weighted by Crippen LogP contribution is 2.25. The molecule has 1 unspecified atom stereocenters. The molecule has 0 spiro atoms. The van der Waals surface area contributed by atoms with Gasteiger partial charge in [-0.05, 0) is 42.3 Å². The Hall–Kier alpha value is -2.86. The van der Waals surface area contributed by atoms with Gasteiger partial charge in [0.1, 0.15) is 11.5 Å². The minimum Gasteiger partial charge on any atom is -0.497 e. The lowest BCUT2D eigenvalue weighted by atomic mass is 10.1. The van der Waals surface area contributed by atoms with Crippen molar-refractivity contribution in [2.75, 3.05) is 25.7 Å². The largest absolute Gasteiger partial charge is 0.497 e. The minimum absolute atomic E-state index is 0.163. The van der Waals surface area contributed by atoms with Gasteiger partial charge in [-0.15, -0.1) is 0 Å². The van der Waals surface area contributed by atoms with Crippen LogP contribution in [0.2, 0.25) is 0 Å². The van der Waals surface area contributed by atoms with Gasteiger partial charge in [-0.25, -0.2) is 4.90 Å². The van der Waals surface area contributed by atoms with Crippen LogP contribution in [-0.2, 0) is 16.0 Å². The molecule has 2 aromatic carbocycles. The topological polar surface area (TPSA) is 67.9 Å². The number of carbonyl (C=O) groups is 2. The van der Waals surface area contributed by atoms with Crippen molar-refractivity contribution in [2.24, 2.45) is 0 Å². The van der Waals surface area contributed by atoms with Crippen LogP contribution in [0.3, 0.4) is 0 Å². The summed E-state index contributed by atoms with van der Waals surface area (Å²) < 4.78 is 10.4. The van der Waals surface area contributed by atoms with Gasteiger partial charge < -0.3 is 14.8 Å². The summed E-state index contributed by atoms with van der Waals surface area (Å²) >= 11 is 0. The SMILES string of the molecule is COc1ccc(N2C(=O)CC(NCCc3ccccc3OC)C2=O)cc1. The standard InChI is InChI=1S/C20H22N2O4/c1-25-16-9-7-15(8-10-16)22-19(23)13-17(20(22)24)21-12-11-14-5-3-4-6-18(14)26-2/h3-10,17,21H,11-13H2,1-2H3. The third kappa shape index (κ3) is 3.70. The Labute approximate surface area is 152 Å². The van der Waals surface area contributed by atoms with Crippen molar-refractivity contribution in [1.82, 2.24) is 5.32 Å². The molecule has 0 bridgehead atoms. The molecular formula is C20H22N2O4. The van der Waals surface area contributed by atoms with Gasteiger partial charge in [-0.2, -0.15) is 0 Å². The molecule has 2 amide bonds. The molecule has 0 radical (unpaired) electrons. The number of carbonyl (C=O) groups excluding carboxylic acids is 2.